The molecule has 0 bridgehead atoms. The molecule has 0 aliphatic carbocycles. The maximum atomic E-state index is 12.6. The predicted molar refractivity (Wildman–Crippen MR) is 110 cm³/mol. The molecular formula is C19H24BCl2NO6. The number of hydrogen-bond donors (Lipinski definition) is 2. The molecule has 1 aromatic rings. The van der Waals surface area contributed by atoms with Crippen LogP contribution in [0.5, 0.6) is 5.75 Å². The van der Waals surface area contributed by atoms with Crippen LogP contribution in [0.25, 0.3) is 0 Å². The lowest BCUT2D eigenvalue weighted by molar-refractivity contribution is -0.127. The number of amides is 1. The molecule has 0 spiro atoms. The van der Waals surface area contributed by atoms with Gasteiger partial charge in [-0.1, -0.05) is 50.9 Å². The van der Waals surface area contributed by atoms with Gasteiger partial charge in [-0.2, -0.15) is 0 Å². The molecule has 2 N–H and O–H groups in total. The molecule has 0 aromatic heterocycles. The highest BCUT2D eigenvalue weighted by molar-refractivity contribution is 6.48. The molecule has 0 fully saturated rings. The van der Waals surface area contributed by atoms with E-state index in [9.17, 15) is 19.4 Å². The van der Waals surface area contributed by atoms with Crippen LogP contribution >= 0.6 is 23.2 Å². The third-order valence-corrected chi connectivity index (χ3v) is 5.33. The van der Waals surface area contributed by atoms with Crippen LogP contribution in [0, 0.1) is 5.41 Å². The van der Waals surface area contributed by atoms with Gasteiger partial charge >= 0.3 is 13.1 Å². The second-order valence-electron chi connectivity index (χ2n) is 7.83. The molecule has 158 valence electrons. The Morgan fingerprint density at radius 2 is 2.00 bits per heavy atom. The summed E-state index contributed by atoms with van der Waals surface area (Å²) in [5.74, 6) is -1.74. The zero-order valence-corrected chi connectivity index (χ0v) is 18.3. The Morgan fingerprint density at radius 3 is 2.59 bits per heavy atom. The molecule has 10 heteroatoms. The minimum atomic E-state index is -1.37. The normalized spacial score (nSPS) is 16.0. The molecule has 7 nitrogen and oxygen atoms in total. The van der Waals surface area contributed by atoms with E-state index >= 15 is 0 Å². The Morgan fingerprint density at radius 1 is 1.34 bits per heavy atom. The number of ether oxygens (including phenoxy) is 1. The van der Waals surface area contributed by atoms with Crippen molar-refractivity contribution in [3.8, 4) is 5.75 Å². The van der Waals surface area contributed by atoms with Crippen LogP contribution < -0.4 is 9.97 Å². The van der Waals surface area contributed by atoms with E-state index in [-0.39, 0.29) is 58.9 Å². The summed E-state index contributed by atoms with van der Waals surface area (Å²) >= 11 is 12.4. The Labute approximate surface area is 180 Å². The largest absolute Gasteiger partial charge is 0.547 e. The summed E-state index contributed by atoms with van der Waals surface area (Å²) in [6, 6.07) is 1.52. The Bertz CT molecular complexity index is 824. The van der Waals surface area contributed by atoms with Gasteiger partial charge in [0.2, 0.25) is 5.91 Å². The number of nitrogens with one attached hydrogen (secondary N) is 1. The van der Waals surface area contributed by atoms with Crippen LogP contribution in [-0.4, -0.2) is 42.4 Å². The first kappa shape index (κ1) is 23.5. The van der Waals surface area contributed by atoms with E-state index in [0.29, 0.717) is 5.56 Å². The highest BCUT2D eigenvalue weighted by atomic mass is 35.5. The quantitative estimate of drug-likeness (QED) is 0.517. The fourth-order valence-corrected chi connectivity index (χ4v) is 3.23. The van der Waals surface area contributed by atoms with Crippen molar-refractivity contribution in [3.63, 3.8) is 0 Å². The van der Waals surface area contributed by atoms with Gasteiger partial charge < -0.3 is 19.7 Å². The Balaban J connectivity index is 2.22. The van der Waals surface area contributed by atoms with Crippen LogP contribution in [0.1, 0.15) is 56.5 Å². The number of benzene rings is 1. The SMILES string of the molecule is CCC(=O)NC1Cc2cc(Cl)c(Cl)c(C(=O)OCCC(=O)C(C)(C)C)c2OB1O. The molecule has 1 atom stereocenters. The highest BCUT2D eigenvalue weighted by Crippen LogP contribution is 2.40. The number of Topliss-reactive ketones (excluding diaryl/α,β-unsaturated/α-hetero) is 1. The number of ketones is 1. The molecule has 1 aliphatic rings. The van der Waals surface area contributed by atoms with Crippen LogP contribution in [-0.2, 0) is 20.7 Å². The summed E-state index contributed by atoms with van der Waals surface area (Å²) in [7, 11) is -1.37. The fraction of sp³-hybridized carbons (Fsp3) is 0.526. The third-order valence-electron chi connectivity index (χ3n) is 4.54. The summed E-state index contributed by atoms with van der Waals surface area (Å²) in [5.41, 5.74) is -0.148. The van der Waals surface area contributed by atoms with Crippen molar-refractivity contribution in [1.82, 2.24) is 5.32 Å². The van der Waals surface area contributed by atoms with Gasteiger partial charge in [0.15, 0.2) is 0 Å². The van der Waals surface area contributed by atoms with E-state index in [1.54, 1.807) is 27.7 Å². The standard InChI is InChI=1S/C19H24BCl2NO6/c1-5-14(25)23-13-9-10-8-11(21)16(22)15(17(10)29-20(13)27)18(26)28-7-6-12(24)19(2,3)4/h8,13,27H,5-7,9H2,1-4H3,(H,23,25). The topological polar surface area (TPSA) is 102 Å². The van der Waals surface area contributed by atoms with Crippen molar-refractivity contribution in [2.75, 3.05) is 6.61 Å². The molecule has 0 radical (unpaired) electrons. The van der Waals surface area contributed by atoms with Crippen LogP contribution in [0.3, 0.4) is 0 Å². The zero-order valence-electron chi connectivity index (χ0n) is 16.8. The van der Waals surface area contributed by atoms with Gasteiger partial charge in [-0.3, -0.25) is 9.59 Å². The van der Waals surface area contributed by atoms with Crippen molar-refractivity contribution in [2.24, 2.45) is 5.41 Å². The van der Waals surface area contributed by atoms with Crippen LogP contribution in [0.4, 0.5) is 0 Å². The minimum Gasteiger partial charge on any atom is -0.534 e. The molecular weight excluding hydrogens is 420 g/mol. The summed E-state index contributed by atoms with van der Waals surface area (Å²) in [6.07, 6.45) is 0.508. The summed E-state index contributed by atoms with van der Waals surface area (Å²) in [6.45, 7) is 6.91. The summed E-state index contributed by atoms with van der Waals surface area (Å²) in [4.78, 5) is 36.3. The van der Waals surface area contributed by atoms with Gasteiger partial charge in [0, 0.05) is 18.3 Å². The maximum Gasteiger partial charge on any atom is 0.547 e. The number of rotatable bonds is 6. The van der Waals surface area contributed by atoms with Crippen LogP contribution in [0.2, 0.25) is 10.0 Å². The lowest BCUT2D eigenvalue weighted by Crippen LogP contribution is -2.53. The van der Waals surface area contributed by atoms with Crippen molar-refractivity contribution in [1.29, 1.82) is 0 Å². The van der Waals surface area contributed by atoms with Crippen molar-refractivity contribution >= 4 is 48.0 Å². The van der Waals surface area contributed by atoms with E-state index < -0.39 is 24.4 Å². The smallest absolute Gasteiger partial charge is 0.534 e. The van der Waals surface area contributed by atoms with Crippen LogP contribution in [0.15, 0.2) is 6.07 Å². The van der Waals surface area contributed by atoms with Gasteiger partial charge in [-0.25, -0.2) is 4.79 Å². The first-order chi connectivity index (χ1) is 13.5. The van der Waals surface area contributed by atoms with Gasteiger partial charge in [-0.15, -0.1) is 0 Å². The van der Waals surface area contributed by atoms with Gasteiger partial charge in [-0.05, 0) is 18.1 Å². The second-order valence-corrected chi connectivity index (χ2v) is 8.62. The second kappa shape index (κ2) is 9.37. The average Bonchev–Trinajstić information content (AvgIpc) is 2.63. The van der Waals surface area contributed by atoms with Gasteiger partial charge in [0.25, 0.3) is 0 Å². The van der Waals surface area contributed by atoms with Crippen molar-refractivity contribution in [3.05, 3.63) is 27.2 Å². The number of esters is 1. The number of hydrogen-bond acceptors (Lipinski definition) is 6. The molecule has 1 amide bonds. The molecule has 1 aliphatic heterocycles. The first-order valence-electron chi connectivity index (χ1n) is 9.31. The first-order valence-corrected chi connectivity index (χ1v) is 10.1. The molecule has 1 aromatic carbocycles. The van der Waals surface area contributed by atoms with E-state index in [1.165, 1.54) is 6.07 Å². The highest BCUT2D eigenvalue weighted by Gasteiger charge is 2.39. The predicted octanol–water partition coefficient (Wildman–Crippen LogP) is 3.00. The number of halogens is 2. The Hall–Kier alpha value is -1.77. The summed E-state index contributed by atoms with van der Waals surface area (Å²) < 4.78 is 10.7. The van der Waals surface area contributed by atoms with Crippen molar-refractivity contribution in [2.45, 2.75) is 52.9 Å². The number of carbonyl (C=O) groups is 3. The van der Waals surface area contributed by atoms with E-state index in [2.05, 4.69) is 5.32 Å². The number of carbonyl (C=O) groups excluding carboxylic acids is 3. The molecule has 2 rings (SSSR count). The molecule has 29 heavy (non-hydrogen) atoms. The van der Waals surface area contributed by atoms with Gasteiger partial charge in [0.05, 0.1) is 22.6 Å². The summed E-state index contributed by atoms with van der Waals surface area (Å²) in [5, 5.41) is 13.0. The molecule has 1 unspecified atom stereocenters. The van der Waals surface area contributed by atoms with E-state index in [1.807, 2.05) is 0 Å². The molecule has 1 heterocycles. The maximum absolute atomic E-state index is 12.6. The lowest BCUT2D eigenvalue weighted by Gasteiger charge is -2.29. The monoisotopic (exact) mass is 443 g/mol. The zero-order chi connectivity index (χ0) is 21.9. The Kier molecular flexibility index (Phi) is 7.59. The van der Waals surface area contributed by atoms with E-state index in [0.717, 1.165) is 0 Å². The van der Waals surface area contributed by atoms with Gasteiger partial charge in [0.1, 0.15) is 17.1 Å². The lowest BCUT2D eigenvalue weighted by atomic mass is 9.72. The molecule has 0 saturated heterocycles. The van der Waals surface area contributed by atoms with Crippen molar-refractivity contribution < 1.29 is 28.8 Å². The fourth-order valence-electron chi connectivity index (χ4n) is 2.79. The molecule has 0 saturated carbocycles. The minimum absolute atomic E-state index is 0.0503. The average molecular weight is 444 g/mol. The third kappa shape index (κ3) is 5.65. The van der Waals surface area contributed by atoms with E-state index in [4.69, 9.17) is 32.6 Å². The number of fused-ring (bicyclic) bond motifs is 1.